The van der Waals surface area contributed by atoms with Crippen LogP contribution in [0.1, 0.15) is 6.92 Å². The molecule has 19 heavy (non-hydrogen) atoms. The minimum atomic E-state index is -0.544. The Balaban J connectivity index is 2.77. The van der Waals surface area contributed by atoms with Crippen molar-refractivity contribution < 1.29 is 14.4 Å². The maximum absolute atomic E-state index is 10.8. The van der Waals surface area contributed by atoms with Crippen LogP contribution < -0.4 is 14.8 Å². The van der Waals surface area contributed by atoms with Crippen molar-refractivity contribution in [2.75, 3.05) is 20.3 Å². The molecule has 0 aliphatic heterocycles. The van der Waals surface area contributed by atoms with Gasteiger partial charge in [0.15, 0.2) is 5.75 Å². The van der Waals surface area contributed by atoms with Gasteiger partial charge >= 0.3 is 5.69 Å². The lowest BCUT2D eigenvalue weighted by Gasteiger charge is -2.12. The van der Waals surface area contributed by atoms with E-state index < -0.39 is 11.0 Å². The molecule has 1 aromatic rings. The largest absolute Gasteiger partial charge is 0.491 e. The van der Waals surface area contributed by atoms with Gasteiger partial charge in [-0.1, -0.05) is 6.92 Å². The molecule has 1 atom stereocenters. The molecule has 0 saturated heterocycles. The second-order valence-electron chi connectivity index (χ2n) is 3.64. The number of nitriles is 1. The zero-order valence-corrected chi connectivity index (χ0v) is 10.8. The van der Waals surface area contributed by atoms with Gasteiger partial charge in [-0.2, -0.15) is 5.26 Å². The lowest BCUT2D eigenvalue weighted by atomic mass is 10.2. The predicted molar refractivity (Wildman–Crippen MR) is 68.2 cm³/mol. The number of nitro benzene ring substituents is 1. The van der Waals surface area contributed by atoms with Gasteiger partial charge in [0.1, 0.15) is 18.4 Å². The summed E-state index contributed by atoms with van der Waals surface area (Å²) >= 11 is 0. The summed E-state index contributed by atoms with van der Waals surface area (Å²) in [6.45, 7) is 2.64. The van der Waals surface area contributed by atoms with Crippen molar-refractivity contribution in [3.05, 3.63) is 28.3 Å². The Bertz CT molecular complexity index is 484. The second kappa shape index (κ2) is 7.18. The van der Waals surface area contributed by atoms with Crippen molar-refractivity contribution in [1.82, 2.24) is 5.32 Å². The first kappa shape index (κ1) is 14.7. The summed E-state index contributed by atoms with van der Waals surface area (Å²) in [4.78, 5) is 10.3. The number of benzene rings is 1. The van der Waals surface area contributed by atoms with E-state index in [1.54, 1.807) is 6.07 Å². The van der Waals surface area contributed by atoms with E-state index in [0.717, 1.165) is 0 Å². The highest BCUT2D eigenvalue weighted by Gasteiger charge is 2.16. The van der Waals surface area contributed by atoms with Crippen LogP contribution in [0.5, 0.6) is 11.5 Å². The lowest BCUT2D eigenvalue weighted by Crippen LogP contribution is -2.32. The maximum Gasteiger partial charge on any atom is 0.314 e. The zero-order valence-electron chi connectivity index (χ0n) is 10.8. The average molecular weight is 265 g/mol. The molecule has 0 aromatic heterocycles. The first-order chi connectivity index (χ1) is 9.12. The molecule has 7 heteroatoms. The number of nitro groups is 1. The first-order valence-electron chi connectivity index (χ1n) is 5.70. The van der Waals surface area contributed by atoms with Gasteiger partial charge in [-0.15, -0.1) is 0 Å². The monoisotopic (exact) mass is 265 g/mol. The number of ether oxygens (including phenoxy) is 2. The lowest BCUT2D eigenvalue weighted by molar-refractivity contribution is -0.385. The molecule has 7 nitrogen and oxygen atoms in total. The number of rotatable bonds is 7. The van der Waals surface area contributed by atoms with Crippen molar-refractivity contribution in [3.63, 3.8) is 0 Å². The topological polar surface area (TPSA) is 97.4 Å². The summed E-state index contributed by atoms with van der Waals surface area (Å²) in [6, 6.07) is 5.88. The third-order valence-electron chi connectivity index (χ3n) is 2.37. The minimum Gasteiger partial charge on any atom is -0.491 e. The van der Waals surface area contributed by atoms with Gasteiger partial charge < -0.3 is 9.47 Å². The highest BCUT2D eigenvalue weighted by Crippen LogP contribution is 2.30. The van der Waals surface area contributed by atoms with Crippen molar-refractivity contribution in [3.8, 4) is 17.6 Å². The van der Waals surface area contributed by atoms with E-state index in [2.05, 4.69) is 5.32 Å². The van der Waals surface area contributed by atoms with Gasteiger partial charge in [0.2, 0.25) is 0 Å². The fourth-order valence-electron chi connectivity index (χ4n) is 1.47. The Hall–Kier alpha value is -2.33. The third kappa shape index (κ3) is 4.12. The van der Waals surface area contributed by atoms with Crippen LogP contribution in [0.15, 0.2) is 18.2 Å². The zero-order chi connectivity index (χ0) is 14.3. The molecule has 0 aliphatic rings. The molecule has 0 fully saturated rings. The normalized spacial score (nSPS) is 11.4. The number of likely N-dealkylation sites (N-methyl/N-ethyl adjacent to an activating group) is 1. The Labute approximate surface area is 110 Å². The fourth-order valence-corrected chi connectivity index (χ4v) is 1.47. The molecule has 1 aromatic carbocycles. The van der Waals surface area contributed by atoms with Crippen LogP contribution in [-0.2, 0) is 0 Å². The molecule has 0 amide bonds. The molecule has 102 valence electrons. The minimum absolute atomic E-state index is 0.119. The molecule has 1 rings (SSSR count). The summed E-state index contributed by atoms with van der Waals surface area (Å²) < 4.78 is 10.2. The Morgan fingerprint density at radius 3 is 2.84 bits per heavy atom. The van der Waals surface area contributed by atoms with Crippen LogP contribution in [0, 0.1) is 21.4 Å². The maximum atomic E-state index is 10.8. The highest BCUT2D eigenvalue weighted by atomic mass is 16.6. The van der Waals surface area contributed by atoms with Gasteiger partial charge in [0.05, 0.1) is 24.2 Å². The molecule has 0 bridgehead atoms. The van der Waals surface area contributed by atoms with Crippen LogP contribution in [0.3, 0.4) is 0 Å². The van der Waals surface area contributed by atoms with E-state index in [1.807, 2.05) is 13.0 Å². The molecular formula is C12H15N3O4. The van der Waals surface area contributed by atoms with E-state index in [9.17, 15) is 10.1 Å². The Morgan fingerprint density at radius 2 is 2.32 bits per heavy atom. The predicted octanol–water partition coefficient (Wildman–Crippen LogP) is 1.48. The van der Waals surface area contributed by atoms with Crippen LogP contribution in [0.4, 0.5) is 5.69 Å². The summed E-state index contributed by atoms with van der Waals surface area (Å²) in [5.74, 6) is 0.492. The van der Waals surface area contributed by atoms with Crippen molar-refractivity contribution in [2.45, 2.75) is 13.0 Å². The molecule has 0 saturated carbocycles. The number of nitrogens with one attached hydrogen (secondary N) is 1. The molecule has 0 heterocycles. The van der Waals surface area contributed by atoms with E-state index in [4.69, 9.17) is 14.7 Å². The summed E-state index contributed by atoms with van der Waals surface area (Å²) in [5, 5.41) is 22.6. The van der Waals surface area contributed by atoms with Crippen LogP contribution in [-0.4, -0.2) is 31.2 Å². The van der Waals surface area contributed by atoms with E-state index in [-0.39, 0.29) is 18.0 Å². The molecule has 1 unspecified atom stereocenters. The van der Waals surface area contributed by atoms with Crippen LogP contribution in [0.2, 0.25) is 0 Å². The van der Waals surface area contributed by atoms with Crippen molar-refractivity contribution in [1.29, 1.82) is 5.26 Å². The van der Waals surface area contributed by atoms with Gasteiger partial charge in [0, 0.05) is 0 Å². The molecule has 1 N–H and O–H groups in total. The first-order valence-corrected chi connectivity index (χ1v) is 5.70. The molecule has 0 aliphatic carbocycles. The number of hydrogen-bond donors (Lipinski definition) is 1. The Kier molecular flexibility index (Phi) is 5.57. The molecule has 0 spiro atoms. The van der Waals surface area contributed by atoms with Crippen LogP contribution >= 0.6 is 0 Å². The fraction of sp³-hybridized carbons (Fsp3) is 0.417. The average Bonchev–Trinajstić information content (AvgIpc) is 2.43. The van der Waals surface area contributed by atoms with Gasteiger partial charge in [-0.25, -0.2) is 0 Å². The third-order valence-corrected chi connectivity index (χ3v) is 2.37. The summed E-state index contributed by atoms with van der Waals surface area (Å²) in [7, 11) is 1.36. The van der Waals surface area contributed by atoms with Crippen molar-refractivity contribution >= 4 is 5.69 Å². The standard InChI is InChI=1S/C12H15N3O4/c1-3-14-9(7-13)8-19-10-4-5-12(18-2)11(6-10)15(16)17/h4-6,9,14H,3,8H2,1-2H3. The van der Waals surface area contributed by atoms with Gasteiger partial charge in [0.25, 0.3) is 0 Å². The molecule has 0 radical (unpaired) electrons. The summed E-state index contributed by atoms with van der Waals surface area (Å²) in [5.41, 5.74) is -0.169. The highest BCUT2D eigenvalue weighted by molar-refractivity contribution is 5.50. The number of nitrogens with zero attached hydrogens (tertiary/aromatic N) is 2. The van der Waals surface area contributed by atoms with Crippen LogP contribution in [0.25, 0.3) is 0 Å². The SMILES string of the molecule is CCNC(C#N)COc1ccc(OC)c([N+](=O)[O-])c1. The quantitative estimate of drug-likeness (QED) is 0.592. The number of hydrogen-bond acceptors (Lipinski definition) is 6. The van der Waals surface area contributed by atoms with E-state index in [0.29, 0.717) is 12.3 Å². The molecular weight excluding hydrogens is 250 g/mol. The smallest absolute Gasteiger partial charge is 0.314 e. The van der Waals surface area contributed by atoms with E-state index in [1.165, 1.54) is 19.2 Å². The number of methoxy groups -OCH3 is 1. The van der Waals surface area contributed by atoms with Gasteiger partial charge in [-0.05, 0) is 18.7 Å². The van der Waals surface area contributed by atoms with Gasteiger partial charge in [-0.3, -0.25) is 15.4 Å². The second-order valence-corrected chi connectivity index (χ2v) is 3.64. The van der Waals surface area contributed by atoms with Crippen molar-refractivity contribution in [2.24, 2.45) is 0 Å². The summed E-state index contributed by atoms with van der Waals surface area (Å²) in [6.07, 6.45) is 0. The van der Waals surface area contributed by atoms with E-state index >= 15 is 0 Å². The Morgan fingerprint density at radius 1 is 1.58 bits per heavy atom.